The third-order valence-electron chi connectivity index (χ3n) is 4.70. The van der Waals surface area contributed by atoms with Gasteiger partial charge in [-0.25, -0.2) is 4.98 Å². The maximum atomic E-state index is 12.0. The lowest BCUT2D eigenvalue weighted by molar-refractivity contribution is -0.121. The van der Waals surface area contributed by atoms with E-state index in [9.17, 15) is 4.79 Å². The smallest absolute Gasteiger partial charge is 0.220 e. The number of methoxy groups -OCH3 is 1. The van der Waals surface area contributed by atoms with E-state index in [1.54, 1.807) is 7.11 Å². The van der Waals surface area contributed by atoms with Crippen LogP contribution in [0.1, 0.15) is 30.7 Å². The molecule has 0 spiro atoms. The number of hydrogen-bond donors (Lipinski definition) is 1. The molecule has 7 nitrogen and oxygen atoms in total. The van der Waals surface area contributed by atoms with Crippen LogP contribution in [0.15, 0.2) is 30.3 Å². The zero-order valence-corrected chi connectivity index (χ0v) is 16.6. The van der Waals surface area contributed by atoms with Gasteiger partial charge in [-0.05, 0) is 43.9 Å². The number of carbonyl (C=O) groups excluding carboxylic acids is 1. The van der Waals surface area contributed by atoms with Gasteiger partial charge >= 0.3 is 0 Å². The fraction of sp³-hybridized carbons (Fsp3) is 0.476. The van der Waals surface area contributed by atoms with E-state index in [4.69, 9.17) is 9.47 Å². The average molecular weight is 384 g/mol. The molecule has 7 heteroatoms. The third kappa shape index (κ3) is 5.84. The van der Waals surface area contributed by atoms with Crippen LogP contribution >= 0.6 is 0 Å². The minimum Gasteiger partial charge on any atom is -0.497 e. The largest absolute Gasteiger partial charge is 0.497 e. The quantitative estimate of drug-likeness (QED) is 0.670. The zero-order chi connectivity index (χ0) is 19.8. The number of nitrogens with zero attached hydrogens (tertiary/aromatic N) is 3. The van der Waals surface area contributed by atoms with Crippen molar-refractivity contribution in [2.24, 2.45) is 0 Å². The molecule has 0 bridgehead atoms. The first-order valence-corrected chi connectivity index (χ1v) is 9.77. The summed E-state index contributed by atoms with van der Waals surface area (Å²) < 4.78 is 10.9. The van der Waals surface area contributed by atoms with Crippen LogP contribution in [-0.4, -0.2) is 49.2 Å². The minimum absolute atomic E-state index is 0.0102. The summed E-state index contributed by atoms with van der Waals surface area (Å²) in [5, 5.41) is 2.89. The first kappa shape index (κ1) is 19.9. The zero-order valence-electron chi connectivity index (χ0n) is 16.6. The van der Waals surface area contributed by atoms with Gasteiger partial charge in [-0.2, -0.15) is 4.98 Å². The molecule has 0 saturated carbocycles. The molecule has 1 saturated heterocycles. The van der Waals surface area contributed by atoms with Gasteiger partial charge in [-0.3, -0.25) is 4.79 Å². The Morgan fingerprint density at radius 3 is 2.64 bits per heavy atom. The summed E-state index contributed by atoms with van der Waals surface area (Å²) in [7, 11) is 1.64. The molecule has 0 radical (unpaired) electrons. The lowest BCUT2D eigenvalue weighted by atomic mass is 10.1. The van der Waals surface area contributed by atoms with E-state index in [-0.39, 0.29) is 5.91 Å². The average Bonchev–Trinajstić information content (AvgIpc) is 3.25. The SMILES string of the molecule is COc1ccc(CCC(=O)NCCOc2cc(N3CCCC3)nc(C)n2)cc1. The van der Waals surface area contributed by atoms with Gasteiger partial charge in [0.05, 0.1) is 13.7 Å². The molecule has 1 aromatic heterocycles. The second-order valence-corrected chi connectivity index (χ2v) is 6.85. The fourth-order valence-corrected chi connectivity index (χ4v) is 3.19. The van der Waals surface area contributed by atoms with Crippen molar-refractivity contribution in [3.8, 4) is 11.6 Å². The predicted molar refractivity (Wildman–Crippen MR) is 108 cm³/mol. The number of carbonyl (C=O) groups is 1. The Balaban J connectivity index is 1.38. The summed E-state index contributed by atoms with van der Waals surface area (Å²) in [6.07, 6.45) is 3.53. The summed E-state index contributed by atoms with van der Waals surface area (Å²) in [6.45, 7) is 4.75. The number of aromatic nitrogens is 2. The van der Waals surface area contributed by atoms with Gasteiger partial charge in [0.15, 0.2) is 0 Å². The van der Waals surface area contributed by atoms with Crippen LogP contribution in [0, 0.1) is 6.92 Å². The highest BCUT2D eigenvalue weighted by Gasteiger charge is 2.15. The number of aryl methyl sites for hydroxylation is 2. The second kappa shape index (κ2) is 9.92. The van der Waals surface area contributed by atoms with Gasteiger partial charge in [-0.15, -0.1) is 0 Å². The van der Waals surface area contributed by atoms with Crippen LogP contribution in [0.2, 0.25) is 0 Å². The number of ether oxygens (including phenoxy) is 2. The van der Waals surface area contributed by atoms with Crippen LogP contribution in [0.5, 0.6) is 11.6 Å². The number of anilines is 1. The normalized spacial score (nSPS) is 13.4. The Morgan fingerprint density at radius 2 is 1.93 bits per heavy atom. The number of rotatable bonds is 9. The van der Waals surface area contributed by atoms with E-state index in [0.29, 0.717) is 37.7 Å². The highest BCUT2D eigenvalue weighted by atomic mass is 16.5. The van der Waals surface area contributed by atoms with Gasteiger partial charge < -0.3 is 19.7 Å². The first-order valence-electron chi connectivity index (χ1n) is 9.77. The van der Waals surface area contributed by atoms with Crippen LogP contribution in [0.4, 0.5) is 5.82 Å². The Kier molecular flexibility index (Phi) is 7.06. The number of benzene rings is 1. The topological polar surface area (TPSA) is 76.6 Å². The molecule has 1 aliphatic rings. The number of amides is 1. The van der Waals surface area contributed by atoms with Gasteiger partial charge in [0, 0.05) is 25.6 Å². The van der Waals surface area contributed by atoms with Crippen molar-refractivity contribution in [3.63, 3.8) is 0 Å². The number of hydrogen-bond acceptors (Lipinski definition) is 6. The summed E-state index contributed by atoms with van der Waals surface area (Å²) in [5.74, 6) is 3.00. The van der Waals surface area contributed by atoms with Crippen LogP contribution in [0.25, 0.3) is 0 Å². The van der Waals surface area contributed by atoms with E-state index < -0.39 is 0 Å². The molecule has 150 valence electrons. The minimum atomic E-state index is 0.0102. The lowest BCUT2D eigenvalue weighted by Gasteiger charge is -2.17. The molecular formula is C21H28N4O3. The van der Waals surface area contributed by atoms with Crippen LogP contribution < -0.4 is 19.7 Å². The van der Waals surface area contributed by atoms with E-state index in [2.05, 4.69) is 20.2 Å². The van der Waals surface area contributed by atoms with Crippen molar-refractivity contribution in [1.82, 2.24) is 15.3 Å². The first-order chi connectivity index (χ1) is 13.6. The van der Waals surface area contributed by atoms with Gasteiger partial charge in [0.25, 0.3) is 0 Å². The van der Waals surface area contributed by atoms with Crippen molar-refractivity contribution < 1.29 is 14.3 Å². The van der Waals surface area contributed by atoms with Crippen molar-refractivity contribution in [2.75, 3.05) is 38.3 Å². The van der Waals surface area contributed by atoms with Gasteiger partial charge in [-0.1, -0.05) is 12.1 Å². The third-order valence-corrected chi connectivity index (χ3v) is 4.70. The second-order valence-electron chi connectivity index (χ2n) is 6.85. The molecule has 0 unspecified atom stereocenters. The molecule has 0 atom stereocenters. The Morgan fingerprint density at radius 1 is 1.18 bits per heavy atom. The Labute approximate surface area is 166 Å². The monoisotopic (exact) mass is 384 g/mol. The van der Waals surface area contributed by atoms with Crippen molar-refractivity contribution in [2.45, 2.75) is 32.6 Å². The van der Waals surface area contributed by atoms with Crippen molar-refractivity contribution in [1.29, 1.82) is 0 Å². The number of nitrogens with one attached hydrogen (secondary N) is 1. The van der Waals surface area contributed by atoms with Crippen LogP contribution in [0.3, 0.4) is 0 Å². The van der Waals surface area contributed by atoms with E-state index in [1.807, 2.05) is 37.3 Å². The maximum Gasteiger partial charge on any atom is 0.220 e. The summed E-state index contributed by atoms with van der Waals surface area (Å²) in [5.41, 5.74) is 1.11. The molecular weight excluding hydrogens is 356 g/mol. The summed E-state index contributed by atoms with van der Waals surface area (Å²) in [4.78, 5) is 23.1. The predicted octanol–water partition coefficient (Wildman–Crippen LogP) is 2.52. The Bertz CT molecular complexity index is 774. The van der Waals surface area contributed by atoms with Crippen molar-refractivity contribution >= 4 is 11.7 Å². The summed E-state index contributed by atoms with van der Waals surface area (Å²) >= 11 is 0. The highest BCUT2D eigenvalue weighted by molar-refractivity contribution is 5.76. The molecule has 0 aliphatic carbocycles. The molecule has 2 aromatic rings. The molecule has 1 amide bonds. The molecule has 2 heterocycles. The standard InChI is InChI=1S/C21H28N4O3/c1-16-23-19(25-12-3-4-13-25)15-21(24-16)28-14-11-22-20(26)10-7-17-5-8-18(27-2)9-6-17/h5-6,8-9,15H,3-4,7,10-14H2,1-2H3,(H,22,26). The van der Waals surface area contributed by atoms with E-state index in [1.165, 1.54) is 12.8 Å². The van der Waals surface area contributed by atoms with E-state index >= 15 is 0 Å². The molecule has 1 N–H and O–H groups in total. The van der Waals surface area contributed by atoms with Gasteiger partial charge in [0.1, 0.15) is 24.0 Å². The fourth-order valence-electron chi connectivity index (χ4n) is 3.19. The molecule has 3 rings (SSSR count). The molecule has 1 fully saturated rings. The van der Waals surface area contributed by atoms with Crippen LogP contribution in [-0.2, 0) is 11.2 Å². The maximum absolute atomic E-state index is 12.0. The van der Waals surface area contributed by atoms with Crippen molar-refractivity contribution in [3.05, 3.63) is 41.7 Å². The van der Waals surface area contributed by atoms with Gasteiger partial charge in [0.2, 0.25) is 11.8 Å². The molecule has 28 heavy (non-hydrogen) atoms. The Hall–Kier alpha value is -2.83. The molecule has 1 aliphatic heterocycles. The van der Waals surface area contributed by atoms with E-state index in [0.717, 1.165) is 30.2 Å². The molecule has 1 aromatic carbocycles. The summed E-state index contributed by atoms with van der Waals surface area (Å²) in [6, 6.07) is 9.64. The highest BCUT2D eigenvalue weighted by Crippen LogP contribution is 2.21. The lowest BCUT2D eigenvalue weighted by Crippen LogP contribution is -2.28.